The van der Waals surface area contributed by atoms with Crippen LogP contribution in [0.5, 0.6) is 0 Å². The third kappa shape index (κ3) is 12.4. The van der Waals surface area contributed by atoms with Crippen LogP contribution in [-0.2, 0) is 0 Å². The number of rotatable bonds is 1. The lowest BCUT2D eigenvalue weighted by atomic mass is 10.4. The molecule has 0 saturated heterocycles. The van der Waals surface area contributed by atoms with E-state index in [0.717, 1.165) is 13.0 Å². The van der Waals surface area contributed by atoms with Crippen molar-refractivity contribution >= 4 is 0 Å². The molecule has 1 aromatic rings. The summed E-state index contributed by atoms with van der Waals surface area (Å²) in [7, 11) is 0. The predicted molar refractivity (Wildman–Crippen MR) is 49.4 cm³/mol. The first-order valence-corrected chi connectivity index (χ1v) is 3.62. The minimum atomic E-state index is 0. The van der Waals surface area contributed by atoms with Gasteiger partial charge < -0.3 is 11.2 Å². The molecule has 0 aliphatic rings. The van der Waals surface area contributed by atoms with E-state index in [1.807, 2.05) is 36.4 Å². The zero-order valence-corrected chi connectivity index (χ0v) is 6.96. The summed E-state index contributed by atoms with van der Waals surface area (Å²) in [5, 5.41) is 0. The second kappa shape index (κ2) is 11.9. The van der Waals surface area contributed by atoms with Gasteiger partial charge in [0.1, 0.15) is 0 Å². The molecule has 0 radical (unpaired) electrons. The number of hydrogen-bond donors (Lipinski definition) is 1. The molecule has 1 rings (SSSR count). The molecular weight excluding hydrogens is 138 g/mol. The third-order valence-corrected chi connectivity index (χ3v) is 0.955. The zero-order valence-electron chi connectivity index (χ0n) is 6.96. The first-order chi connectivity index (χ1) is 4.91. The van der Waals surface area contributed by atoms with Crippen LogP contribution in [-0.4, -0.2) is 12.0 Å². The van der Waals surface area contributed by atoms with Gasteiger partial charge in [0.05, 0.1) is 0 Å². The highest BCUT2D eigenvalue weighted by Gasteiger charge is 1.57. The first-order valence-electron chi connectivity index (χ1n) is 3.62. The van der Waals surface area contributed by atoms with Crippen molar-refractivity contribution in [2.45, 2.75) is 13.3 Å². The monoisotopic (exact) mass is 155 g/mol. The largest absolute Gasteiger partial charge is 0.412 e. The maximum absolute atomic E-state index is 5.03. The average Bonchev–Trinajstić information content (AvgIpc) is 2.08. The Balaban J connectivity index is 0. The van der Waals surface area contributed by atoms with Crippen LogP contribution in [0.25, 0.3) is 0 Å². The Hall–Kier alpha value is -0.860. The molecule has 64 valence electrons. The molecule has 11 heavy (non-hydrogen) atoms. The fourth-order valence-corrected chi connectivity index (χ4v) is 0.385. The molecule has 0 aliphatic heterocycles. The lowest BCUT2D eigenvalue weighted by Gasteiger charge is -1.70. The topological polar surface area (TPSA) is 57.5 Å². The Labute approximate surface area is 68.4 Å². The van der Waals surface area contributed by atoms with E-state index in [-0.39, 0.29) is 5.48 Å². The van der Waals surface area contributed by atoms with Crippen LogP contribution in [0.15, 0.2) is 36.4 Å². The molecule has 0 spiro atoms. The SMILES string of the molecule is CCCN.O.c1ccccc1. The number of hydrogen-bond acceptors (Lipinski definition) is 1. The highest BCUT2D eigenvalue weighted by atomic mass is 16.0. The van der Waals surface area contributed by atoms with Crippen molar-refractivity contribution in [2.24, 2.45) is 5.73 Å². The summed E-state index contributed by atoms with van der Waals surface area (Å²) in [5.41, 5.74) is 5.03. The van der Waals surface area contributed by atoms with E-state index in [0.29, 0.717) is 0 Å². The average molecular weight is 155 g/mol. The second-order valence-electron chi connectivity index (χ2n) is 1.94. The van der Waals surface area contributed by atoms with Crippen molar-refractivity contribution in [3.05, 3.63) is 36.4 Å². The molecule has 0 amide bonds. The highest BCUT2D eigenvalue weighted by Crippen LogP contribution is 1.79. The van der Waals surface area contributed by atoms with Crippen LogP contribution in [0.3, 0.4) is 0 Å². The molecular formula is C9H17NO. The molecule has 0 aromatic heterocycles. The van der Waals surface area contributed by atoms with Crippen molar-refractivity contribution < 1.29 is 5.48 Å². The Morgan fingerprint density at radius 3 is 1.18 bits per heavy atom. The van der Waals surface area contributed by atoms with Gasteiger partial charge in [0.2, 0.25) is 0 Å². The molecule has 1 aromatic carbocycles. The summed E-state index contributed by atoms with van der Waals surface area (Å²) in [4.78, 5) is 0. The van der Waals surface area contributed by atoms with Crippen molar-refractivity contribution in [3.8, 4) is 0 Å². The molecule has 0 heterocycles. The van der Waals surface area contributed by atoms with Crippen molar-refractivity contribution in [2.75, 3.05) is 6.54 Å². The van der Waals surface area contributed by atoms with E-state index in [4.69, 9.17) is 5.73 Å². The minimum absolute atomic E-state index is 0. The Morgan fingerprint density at radius 2 is 1.09 bits per heavy atom. The highest BCUT2D eigenvalue weighted by molar-refractivity contribution is 4.99. The van der Waals surface area contributed by atoms with Gasteiger partial charge in [-0.3, -0.25) is 0 Å². The molecule has 0 unspecified atom stereocenters. The van der Waals surface area contributed by atoms with Crippen molar-refractivity contribution in [1.82, 2.24) is 0 Å². The van der Waals surface area contributed by atoms with Crippen molar-refractivity contribution in [1.29, 1.82) is 0 Å². The summed E-state index contributed by atoms with van der Waals surface area (Å²) in [5.74, 6) is 0. The van der Waals surface area contributed by atoms with Gasteiger partial charge in [-0.15, -0.1) is 0 Å². The maximum Gasteiger partial charge on any atom is -0.00799 e. The maximum atomic E-state index is 5.03. The van der Waals surface area contributed by atoms with Gasteiger partial charge in [-0.2, -0.15) is 0 Å². The Kier molecular flexibility index (Phi) is 13.8. The Morgan fingerprint density at radius 1 is 0.909 bits per heavy atom. The van der Waals surface area contributed by atoms with Crippen LogP contribution in [0.4, 0.5) is 0 Å². The minimum Gasteiger partial charge on any atom is -0.412 e. The number of benzene rings is 1. The van der Waals surface area contributed by atoms with E-state index in [1.54, 1.807) is 0 Å². The van der Waals surface area contributed by atoms with Crippen LogP contribution < -0.4 is 5.73 Å². The fraction of sp³-hybridized carbons (Fsp3) is 0.333. The van der Waals surface area contributed by atoms with E-state index in [2.05, 4.69) is 6.92 Å². The second-order valence-corrected chi connectivity index (χ2v) is 1.94. The zero-order chi connectivity index (χ0) is 7.66. The van der Waals surface area contributed by atoms with Gasteiger partial charge in [-0.05, 0) is 13.0 Å². The molecule has 2 nitrogen and oxygen atoms in total. The lowest BCUT2D eigenvalue weighted by Crippen LogP contribution is -1.93. The van der Waals surface area contributed by atoms with E-state index in [1.165, 1.54) is 0 Å². The fourth-order valence-electron chi connectivity index (χ4n) is 0.385. The lowest BCUT2D eigenvalue weighted by molar-refractivity contribution is 0.824. The van der Waals surface area contributed by atoms with Crippen LogP contribution in [0, 0.1) is 0 Å². The summed E-state index contributed by atoms with van der Waals surface area (Å²) < 4.78 is 0. The van der Waals surface area contributed by atoms with Gasteiger partial charge in [0.25, 0.3) is 0 Å². The van der Waals surface area contributed by atoms with Gasteiger partial charge in [0, 0.05) is 0 Å². The van der Waals surface area contributed by atoms with Gasteiger partial charge in [-0.25, -0.2) is 0 Å². The van der Waals surface area contributed by atoms with Crippen molar-refractivity contribution in [3.63, 3.8) is 0 Å². The van der Waals surface area contributed by atoms with Crippen LogP contribution in [0.2, 0.25) is 0 Å². The molecule has 0 aliphatic carbocycles. The molecule has 2 heteroatoms. The predicted octanol–water partition coefficient (Wildman–Crippen LogP) is 1.22. The van der Waals surface area contributed by atoms with E-state index < -0.39 is 0 Å². The molecule has 0 bridgehead atoms. The normalized spacial score (nSPS) is 7.09. The molecule has 0 atom stereocenters. The summed E-state index contributed by atoms with van der Waals surface area (Å²) in [6.07, 6.45) is 1.10. The third-order valence-electron chi connectivity index (χ3n) is 0.955. The van der Waals surface area contributed by atoms with E-state index in [9.17, 15) is 0 Å². The van der Waals surface area contributed by atoms with Gasteiger partial charge >= 0.3 is 0 Å². The van der Waals surface area contributed by atoms with Crippen LogP contribution >= 0.6 is 0 Å². The van der Waals surface area contributed by atoms with Gasteiger partial charge in [0.15, 0.2) is 0 Å². The Bertz CT molecular complexity index is 102. The number of nitrogens with two attached hydrogens (primary N) is 1. The first kappa shape index (κ1) is 12.8. The van der Waals surface area contributed by atoms with E-state index >= 15 is 0 Å². The quantitative estimate of drug-likeness (QED) is 0.651. The summed E-state index contributed by atoms with van der Waals surface area (Å²) in [6.45, 7) is 2.88. The van der Waals surface area contributed by atoms with Gasteiger partial charge in [-0.1, -0.05) is 43.3 Å². The smallest absolute Gasteiger partial charge is 0.00799 e. The summed E-state index contributed by atoms with van der Waals surface area (Å²) in [6, 6.07) is 12.0. The summed E-state index contributed by atoms with van der Waals surface area (Å²) >= 11 is 0. The molecule has 0 fully saturated rings. The van der Waals surface area contributed by atoms with Crippen LogP contribution in [0.1, 0.15) is 13.3 Å². The molecule has 0 saturated carbocycles. The molecule has 4 N–H and O–H groups in total. The standard InChI is InChI=1S/C6H6.C3H9N.H2O/c1-2-4-6-5-3-1;1-2-3-4;/h1-6H;2-4H2,1H3;1H2.